The minimum Gasteiger partial charge on any atom is -0.578 e. The molecule has 1 heterocycles. The van der Waals surface area contributed by atoms with Crippen LogP contribution >= 0.6 is 0 Å². The zero-order valence-corrected chi connectivity index (χ0v) is 9.00. The first-order chi connectivity index (χ1) is 4.88. The summed E-state index contributed by atoms with van der Waals surface area (Å²) >= 11 is 0. The molecule has 1 fully saturated rings. The maximum atomic E-state index is 5.01. The second kappa shape index (κ2) is 3.71. The molecule has 1 atom stereocenters. The number of hydrogen-bond acceptors (Lipinski definition) is 1. The zero-order valence-electron chi connectivity index (χ0n) is 6.16. The van der Waals surface area contributed by atoms with E-state index >= 15 is 0 Å². The first-order valence-electron chi connectivity index (χ1n) is 3.27. The van der Waals surface area contributed by atoms with Gasteiger partial charge in [-0.3, -0.25) is 0 Å². The normalized spacial score (nSPS) is 20.5. The van der Waals surface area contributed by atoms with Crippen molar-refractivity contribution in [1.29, 1.82) is 0 Å². The maximum Gasteiger partial charge on any atom is 0 e. The molecule has 1 radical (unpaired) electrons. The van der Waals surface area contributed by atoms with Crippen LogP contribution in [0, 0.1) is 13.5 Å². The van der Waals surface area contributed by atoms with Crippen molar-refractivity contribution < 1.29 is 37.4 Å². The van der Waals surface area contributed by atoms with Gasteiger partial charge in [-0.2, -0.15) is 30.7 Å². The van der Waals surface area contributed by atoms with Gasteiger partial charge in [-0.25, -0.2) is 0 Å². The summed E-state index contributed by atoms with van der Waals surface area (Å²) in [6.45, 7) is 5.69. The third-order valence-electron chi connectivity index (χ3n) is 1.63. The molecule has 11 heavy (non-hydrogen) atoms. The number of ether oxygens (including phenoxy) is 1. The molecule has 0 saturated carbocycles. The molecule has 0 amide bonds. The molecule has 55 valence electrons. The van der Waals surface area contributed by atoms with E-state index in [1.54, 1.807) is 0 Å². The Bertz CT molecular complexity index is 243. The Balaban J connectivity index is 0.000000605. The van der Waals surface area contributed by atoms with E-state index < -0.39 is 0 Å². The number of hydrogen-bond donors (Lipinski definition) is 0. The maximum absolute atomic E-state index is 5.01. The van der Waals surface area contributed by atoms with Crippen LogP contribution in [0.3, 0.4) is 0 Å². The fourth-order valence-corrected chi connectivity index (χ4v) is 0.998. The van der Waals surface area contributed by atoms with E-state index in [9.17, 15) is 0 Å². The second-order valence-corrected chi connectivity index (χ2v) is 2.39. The van der Waals surface area contributed by atoms with Crippen molar-refractivity contribution >= 4 is 0 Å². The molecule has 1 saturated heterocycles. The van der Waals surface area contributed by atoms with E-state index in [2.05, 4.69) is 6.92 Å². The van der Waals surface area contributed by atoms with Crippen LogP contribution in [0.1, 0.15) is 17.2 Å². The predicted molar refractivity (Wildman–Crippen MR) is 39.0 cm³/mol. The summed E-state index contributed by atoms with van der Waals surface area (Å²) in [6.07, 6.45) is 0.216. The Labute approximate surface area is 92.0 Å². The van der Waals surface area contributed by atoms with E-state index in [1.165, 1.54) is 5.56 Å². The summed E-state index contributed by atoms with van der Waals surface area (Å²) < 4.78 is 5.01. The zero-order chi connectivity index (χ0) is 6.97. The Morgan fingerprint density at radius 3 is 2.55 bits per heavy atom. The summed E-state index contributed by atoms with van der Waals surface area (Å²) in [6, 6.07) is 8.01. The van der Waals surface area contributed by atoms with Crippen LogP contribution in [-0.4, -0.2) is 0 Å². The third-order valence-corrected chi connectivity index (χ3v) is 1.63. The molecular formula is C9H8OY-2. The number of epoxide rings is 1. The molecular weight excluding hydrogens is 213 g/mol. The molecule has 0 spiro atoms. The molecule has 2 heteroatoms. The van der Waals surface area contributed by atoms with Crippen LogP contribution in [0.5, 0.6) is 0 Å². The molecule has 1 nitrogen and oxygen atoms in total. The fraction of sp³-hybridized carbons (Fsp3) is 0.111. The van der Waals surface area contributed by atoms with Crippen molar-refractivity contribution in [2.45, 2.75) is 6.10 Å². The van der Waals surface area contributed by atoms with Crippen molar-refractivity contribution in [3.63, 3.8) is 0 Å². The molecule has 0 aliphatic carbocycles. The Morgan fingerprint density at radius 1 is 1.36 bits per heavy atom. The van der Waals surface area contributed by atoms with E-state index in [1.807, 2.05) is 30.9 Å². The van der Waals surface area contributed by atoms with E-state index in [-0.39, 0.29) is 38.8 Å². The summed E-state index contributed by atoms with van der Waals surface area (Å²) in [5.74, 6) is 0. The Hall–Kier alpha value is 0.154. The van der Waals surface area contributed by atoms with Crippen LogP contribution in [0.25, 0.3) is 0 Å². The van der Waals surface area contributed by atoms with Gasteiger partial charge in [-0.1, -0.05) is 6.07 Å². The minimum absolute atomic E-state index is 0. The topological polar surface area (TPSA) is 12.5 Å². The van der Waals surface area contributed by atoms with Crippen LogP contribution in [0.2, 0.25) is 0 Å². The molecule has 1 aromatic carbocycles. The van der Waals surface area contributed by atoms with E-state index in [4.69, 9.17) is 4.74 Å². The average molecular weight is 221 g/mol. The average Bonchev–Trinajstić information content (AvgIpc) is 2.71. The second-order valence-electron chi connectivity index (χ2n) is 2.39. The van der Waals surface area contributed by atoms with Gasteiger partial charge in [0.2, 0.25) is 0 Å². The van der Waals surface area contributed by atoms with Crippen LogP contribution < -0.4 is 0 Å². The number of rotatable bonds is 1. The summed E-state index contributed by atoms with van der Waals surface area (Å²) in [5.41, 5.74) is 2.24. The Kier molecular flexibility index (Phi) is 3.11. The SMILES string of the molecule is [CH2-]c1ccccc1[C@@H]1[CH-]O1.[Y]. The smallest absolute Gasteiger partial charge is 0 e. The van der Waals surface area contributed by atoms with Gasteiger partial charge < -0.3 is 4.74 Å². The van der Waals surface area contributed by atoms with Crippen molar-refractivity contribution in [3.8, 4) is 0 Å². The molecule has 2 rings (SSSR count). The molecule has 0 aromatic heterocycles. The molecule has 1 aliphatic heterocycles. The van der Waals surface area contributed by atoms with Gasteiger partial charge in [-0.15, -0.1) is 18.2 Å². The molecule has 0 N–H and O–H groups in total. The number of benzene rings is 1. The van der Waals surface area contributed by atoms with Crippen molar-refractivity contribution in [2.24, 2.45) is 0 Å². The van der Waals surface area contributed by atoms with Gasteiger partial charge in [0.05, 0.1) is 0 Å². The van der Waals surface area contributed by atoms with Gasteiger partial charge in [0.1, 0.15) is 0 Å². The van der Waals surface area contributed by atoms with Gasteiger partial charge in [0.15, 0.2) is 0 Å². The molecule has 0 unspecified atom stereocenters. The van der Waals surface area contributed by atoms with Gasteiger partial charge >= 0.3 is 0 Å². The van der Waals surface area contributed by atoms with Crippen molar-refractivity contribution in [3.05, 3.63) is 48.9 Å². The van der Waals surface area contributed by atoms with Gasteiger partial charge in [-0.05, 0) is 0 Å². The Morgan fingerprint density at radius 2 is 2.00 bits per heavy atom. The first kappa shape index (κ1) is 9.24. The monoisotopic (exact) mass is 221 g/mol. The largest absolute Gasteiger partial charge is 0.578 e. The fourth-order valence-electron chi connectivity index (χ4n) is 0.998. The summed E-state index contributed by atoms with van der Waals surface area (Å²) in [4.78, 5) is 0. The first-order valence-corrected chi connectivity index (χ1v) is 3.27. The standard InChI is InChI=1S/C9H8O.Y/c1-7-4-2-3-5-8(7)9-6-10-9;/h2-6,9H,1H2;/q-2;/t9-;/m0./s1. The summed E-state index contributed by atoms with van der Waals surface area (Å²) in [5, 5.41) is 0. The molecule has 1 aliphatic rings. The van der Waals surface area contributed by atoms with Gasteiger partial charge in [0, 0.05) is 32.7 Å². The van der Waals surface area contributed by atoms with Crippen LogP contribution in [0.15, 0.2) is 24.3 Å². The van der Waals surface area contributed by atoms with Crippen LogP contribution in [0.4, 0.5) is 0 Å². The van der Waals surface area contributed by atoms with E-state index in [0.29, 0.717) is 0 Å². The van der Waals surface area contributed by atoms with Crippen LogP contribution in [-0.2, 0) is 37.4 Å². The molecule has 0 bridgehead atoms. The molecule has 1 aromatic rings. The quantitative estimate of drug-likeness (QED) is 0.522. The van der Waals surface area contributed by atoms with E-state index in [0.717, 1.165) is 5.56 Å². The predicted octanol–water partition coefficient (Wildman–Crippen LogP) is 2.10. The third kappa shape index (κ3) is 2.05. The minimum atomic E-state index is 0. The van der Waals surface area contributed by atoms with Gasteiger partial charge in [0.25, 0.3) is 0 Å². The van der Waals surface area contributed by atoms with Crippen molar-refractivity contribution in [2.75, 3.05) is 0 Å². The summed E-state index contributed by atoms with van der Waals surface area (Å²) in [7, 11) is 0. The van der Waals surface area contributed by atoms with Crippen molar-refractivity contribution in [1.82, 2.24) is 0 Å².